The molecule has 0 aliphatic rings. The maximum atomic E-state index is 10.9. The summed E-state index contributed by atoms with van der Waals surface area (Å²) in [7, 11) is 1.84. The number of carboxylic acids is 1. The van der Waals surface area contributed by atoms with E-state index in [2.05, 4.69) is 36.4 Å². The van der Waals surface area contributed by atoms with Gasteiger partial charge in [-0.05, 0) is 63.0 Å². The number of nitrogens with zero attached hydrogens (tertiary/aromatic N) is 1. The van der Waals surface area contributed by atoms with E-state index in [9.17, 15) is 4.79 Å². The first-order chi connectivity index (χ1) is 12.1. The largest absolute Gasteiger partial charge is 0.494 e. The molecule has 0 saturated heterocycles. The van der Waals surface area contributed by atoms with Crippen molar-refractivity contribution in [2.45, 2.75) is 32.2 Å². The molecule has 0 aliphatic heterocycles. The molecule has 0 spiro atoms. The van der Waals surface area contributed by atoms with E-state index in [0.717, 1.165) is 31.6 Å². The van der Waals surface area contributed by atoms with Crippen LogP contribution in [0.1, 0.15) is 30.9 Å². The maximum absolute atomic E-state index is 10.9. The Morgan fingerprint density at radius 1 is 1.04 bits per heavy atom. The molecule has 1 N–H and O–H groups in total. The third kappa shape index (κ3) is 6.59. The zero-order valence-electron chi connectivity index (χ0n) is 15.0. The molecule has 0 radical (unpaired) electrons. The van der Waals surface area contributed by atoms with Crippen LogP contribution in [-0.2, 0) is 11.2 Å². The van der Waals surface area contributed by atoms with Crippen molar-refractivity contribution < 1.29 is 14.6 Å². The molecule has 2 aromatic carbocycles. The van der Waals surface area contributed by atoms with Gasteiger partial charge in [0, 0.05) is 0 Å². The molecule has 134 valence electrons. The zero-order chi connectivity index (χ0) is 18.1. The summed E-state index contributed by atoms with van der Waals surface area (Å²) in [5.74, 6) is 0.0958. The van der Waals surface area contributed by atoms with Gasteiger partial charge in [-0.25, -0.2) is 0 Å². The van der Waals surface area contributed by atoms with Crippen molar-refractivity contribution in [3.63, 3.8) is 0 Å². The summed E-state index contributed by atoms with van der Waals surface area (Å²) in [5.41, 5.74) is 2.57. The van der Waals surface area contributed by atoms with Gasteiger partial charge < -0.3 is 9.84 Å². The first-order valence-corrected chi connectivity index (χ1v) is 8.75. The Balaban J connectivity index is 1.67. The van der Waals surface area contributed by atoms with E-state index in [-0.39, 0.29) is 0 Å². The van der Waals surface area contributed by atoms with Crippen molar-refractivity contribution in [2.75, 3.05) is 20.2 Å². The van der Waals surface area contributed by atoms with Crippen LogP contribution in [0.5, 0.6) is 5.75 Å². The van der Waals surface area contributed by atoms with Gasteiger partial charge in [-0.1, -0.05) is 42.5 Å². The van der Waals surface area contributed by atoms with E-state index >= 15 is 0 Å². The Morgan fingerprint density at radius 3 is 2.32 bits per heavy atom. The smallest absolute Gasteiger partial charge is 0.320 e. The molecule has 0 bridgehead atoms. The highest BCUT2D eigenvalue weighted by Gasteiger charge is 2.15. The number of hydrogen-bond acceptors (Lipinski definition) is 3. The molecule has 1 atom stereocenters. The number of likely N-dealkylation sites (N-methyl/N-ethyl adjacent to an activating group) is 1. The zero-order valence-corrected chi connectivity index (χ0v) is 15.0. The standard InChI is InChI=1S/C21H27NO3/c1-17(21(23)24)22(2)14-6-7-15-25-20-12-10-19(11-13-20)16-18-8-4-3-5-9-18/h3-5,8-13,17H,6-7,14-16H2,1-2H3,(H,23,24). The third-order valence-electron chi connectivity index (χ3n) is 4.37. The molecule has 2 rings (SSSR count). The van der Waals surface area contributed by atoms with Crippen LogP contribution in [0.2, 0.25) is 0 Å². The average Bonchev–Trinajstić information content (AvgIpc) is 2.62. The van der Waals surface area contributed by atoms with Crippen LogP contribution < -0.4 is 4.74 Å². The summed E-state index contributed by atoms with van der Waals surface area (Å²) in [5, 5.41) is 8.95. The molecule has 1 unspecified atom stereocenters. The van der Waals surface area contributed by atoms with Gasteiger partial charge in [0.25, 0.3) is 0 Å². The molecule has 0 aromatic heterocycles. The van der Waals surface area contributed by atoms with Gasteiger partial charge in [0.1, 0.15) is 11.8 Å². The summed E-state index contributed by atoms with van der Waals surface area (Å²) < 4.78 is 5.77. The lowest BCUT2D eigenvalue weighted by atomic mass is 10.1. The molecular weight excluding hydrogens is 314 g/mol. The first-order valence-electron chi connectivity index (χ1n) is 8.75. The van der Waals surface area contributed by atoms with Crippen molar-refractivity contribution in [1.82, 2.24) is 4.90 Å². The van der Waals surface area contributed by atoms with Gasteiger partial charge in [-0.2, -0.15) is 0 Å². The molecule has 0 fully saturated rings. The number of hydrogen-bond donors (Lipinski definition) is 1. The first kappa shape index (κ1) is 19.0. The number of benzene rings is 2. The van der Waals surface area contributed by atoms with Gasteiger partial charge in [-0.15, -0.1) is 0 Å². The molecule has 4 nitrogen and oxygen atoms in total. The highest BCUT2D eigenvalue weighted by atomic mass is 16.5. The fraction of sp³-hybridized carbons (Fsp3) is 0.381. The minimum absolute atomic E-state index is 0.446. The van der Waals surface area contributed by atoms with Crippen molar-refractivity contribution in [2.24, 2.45) is 0 Å². The number of rotatable bonds is 10. The van der Waals surface area contributed by atoms with Crippen LogP contribution in [0.4, 0.5) is 0 Å². The van der Waals surface area contributed by atoms with E-state index in [1.165, 1.54) is 11.1 Å². The second kappa shape index (κ2) is 9.84. The summed E-state index contributed by atoms with van der Waals surface area (Å²) >= 11 is 0. The van der Waals surface area contributed by atoms with Gasteiger partial charge in [0.15, 0.2) is 0 Å². The number of unbranched alkanes of at least 4 members (excludes halogenated alkanes) is 1. The molecule has 2 aromatic rings. The number of aliphatic carboxylic acids is 1. The highest BCUT2D eigenvalue weighted by Crippen LogP contribution is 2.15. The lowest BCUT2D eigenvalue weighted by molar-refractivity contribution is -0.142. The molecule has 0 amide bonds. The second-order valence-electron chi connectivity index (χ2n) is 6.36. The lowest BCUT2D eigenvalue weighted by Crippen LogP contribution is -2.36. The van der Waals surface area contributed by atoms with E-state index in [0.29, 0.717) is 6.61 Å². The van der Waals surface area contributed by atoms with Gasteiger partial charge >= 0.3 is 5.97 Å². The van der Waals surface area contributed by atoms with Crippen LogP contribution in [0.25, 0.3) is 0 Å². The van der Waals surface area contributed by atoms with E-state index in [1.807, 2.05) is 30.1 Å². The fourth-order valence-corrected chi connectivity index (χ4v) is 2.57. The third-order valence-corrected chi connectivity index (χ3v) is 4.37. The van der Waals surface area contributed by atoms with Gasteiger partial charge in [-0.3, -0.25) is 9.69 Å². The fourth-order valence-electron chi connectivity index (χ4n) is 2.57. The minimum atomic E-state index is -0.783. The van der Waals surface area contributed by atoms with Crippen LogP contribution >= 0.6 is 0 Å². The summed E-state index contributed by atoms with van der Waals surface area (Å²) in [4.78, 5) is 12.7. The topological polar surface area (TPSA) is 49.8 Å². The summed E-state index contributed by atoms with van der Waals surface area (Å²) in [6.07, 6.45) is 2.75. The van der Waals surface area contributed by atoms with Crippen molar-refractivity contribution in [3.05, 3.63) is 65.7 Å². The second-order valence-corrected chi connectivity index (χ2v) is 6.36. The van der Waals surface area contributed by atoms with Crippen LogP contribution in [0, 0.1) is 0 Å². The number of carboxylic acid groups (broad SMARTS) is 1. The van der Waals surface area contributed by atoms with Crippen molar-refractivity contribution in [1.29, 1.82) is 0 Å². The van der Waals surface area contributed by atoms with Gasteiger partial charge in [0.2, 0.25) is 0 Å². The van der Waals surface area contributed by atoms with Crippen LogP contribution in [0.3, 0.4) is 0 Å². The molecule has 0 saturated carbocycles. The number of carbonyl (C=O) groups is 1. The minimum Gasteiger partial charge on any atom is -0.494 e. The highest BCUT2D eigenvalue weighted by molar-refractivity contribution is 5.72. The predicted octanol–water partition coefficient (Wildman–Crippen LogP) is 3.84. The number of ether oxygens (including phenoxy) is 1. The van der Waals surface area contributed by atoms with Crippen LogP contribution in [0.15, 0.2) is 54.6 Å². The summed E-state index contributed by atoms with van der Waals surface area (Å²) in [6.45, 7) is 3.11. The normalized spacial score (nSPS) is 12.1. The van der Waals surface area contributed by atoms with Gasteiger partial charge in [0.05, 0.1) is 6.61 Å². The van der Waals surface area contributed by atoms with Crippen molar-refractivity contribution >= 4 is 5.97 Å². The average molecular weight is 341 g/mol. The monoisotopic (exact) mass is 341 g/mol. The van der Waals surface area contributed by atoms with Crippen molar-refractivity contribution in [3.8, 4) is 5.75 Å². The van der Waals surface area contributed by atoms with Crippen LogP contribution in [-0.4, -0.2) is 42.2 Å². The molecule has 25 heavy (non-hydrogen) atoms. The molecule has 0 aliphatic carbocycles. The quantitative estimate of drug-likeness (QED) is 0.667. The Kier molecular flexibility index (Phi) is 7.48. The maximum Gasteiger partial charge on any atom is 0.320 e. The molecular formula is C21H27NO3. The lowest BCUT2D eigenvalue weighted by Gasteiger charge is -2.20. The SMILES string of the molecule is CC(C(=O)O)N(C)CCCCOc1ccc(Cc2ccccc2)cc1. The van der Waals surface area contributed by atoms with E-state index in [4.69, 9.17) is 9.84 Å². The summed E-state index contributed by atoms with van der Waals surface area (Å²) in [6, 6.07) is 18.2. The Hall–Kier alpha value is -2.33. The Labute approximate surface area is 150 Å². The van der Waals surface area contributed by atoms with E-state index in [1.54, 1.807) is 6.92 Å². The Bertz CT molecular complexity index is 640. The molecule has 4 heteroatoms. The van der Waals surface area contributed by atoms with E-state index < -0.39 is 12.0 Å². The predicted molar refractivity (Wildman–Crippen MR) is 100 cm³/mol. The Morgan fingerprint density at radius 2 is 1.68 bits per heavy atom. The molecule has 0 heterocycles.